The summed E-state index contributed by atoms with van der Waals surface area (Å²) in [6.45, 7) is 2.59. The third-order valence-corrected chi connectivity index (χ3v) is 3.65. The van der Waals surface area contributed by atoms with Gasteiger partial charge < -0.3 is 20.4 Å². The number of hydrogen-bond acceptors (Lipinski definition) is 4. The average molecular weight is 257 g/mol. The molecule has 2 rings (SSSR count). The summed E-state index contributed by atoms with van der Waals surface area (Å²) in [7, 11) is 0. The number of fused-ring (bicyclic) bond motifs is 1. The van der Waals surface area contributed by atoms with Crippen LogP contribution < -0.4 is 5.32 Å². The van der Waals surface area contributed by atoms with E-state index in [-0.39, 0.29) is 0 Å². The predicted octanol–water partition coefficient (Wildman–Crippen LogP) is -1.08. The van der Waals surface area contributed by atoms with Crippen molar-refractivity contribution in [3.63, 3.8) is 0 Å². The fraction of sp³-hybridized carbons (Fsp3) is 0.818. The number of aliphatic carboxylic acids is 1. The number of carbonyl (C=O) groups excluding carboxylic acids is 1. The van der Waals surface area contributed by atoms with Gasteiger partial charge in [0.25, 0.3) is 0 Å². The van der Waals surface area contributed by atoms with Gasteiger partial charge in [-0.1, -0.05) is 0 Å². The third kappa shape index (κ3) is 2.73. The van der Waals surface area contributed by atoms with Crippen molar-refractivity contribution < 1.29 is 19.8 Å². The molecule has 2 aliphatic heterocycles. The Kier molecular flexibility index (Phi) is 4.03. The van der Waals surface area contributed by atoms with Crippen LogP contribution in [0.15, 0.2) is 0 Å². The minimum Gasteiger partial charge on any atom is -0.480 e. The lowest BCUT2D eigenvalue weighted by Crippen LogP contribution is -2.57. The first-order chi connectivity index (χ1) is 8.61. The SMILES string of the molecule is O=C(O)[C@@H](CO)NC(=O)N1CCN2CCCC2C1. The number of nitrogens with one attached hydrogen (secondary N) is 1. The maximum Gasteiger partial charge on any atom is 0.328 e. The normalized spacial score (nSPS) is 25.6. The minimum atomic E-state index is -1.22. The van der Waals surface area contributed by atoms with Crippen molar-refractivity contribution in [1.82, 2.24) is 15.1 Å². The van der Waals surface area contributed by atoms with Crippen LogP contribution in [0.25, 0.3) is 0 Å². The molecule has 0 saturated carbocycles. The van der Waals surface area contributed by atoms with E-state index >= 15 is 0 Å². The van der Waals surface area contributed by atoms with Crippen molar-refractivity contribution in [2.24, 2.45) is 0 Å². The van der Waals surface area contributed by atoms with Crippen molar-refractivity contribution in [1.29, 1.82) is 0 Å². The number of rotatable bonds is 3. The number of carboxylic acids is 1. The monoisotopic (exact) mass is 257 g/mol. The molecule has 0 aromatic rings. The van der Waals surface area contributed by atoms with Gasteiger partial charge in [-0.3, -0.25) is 4.90 Å². The van der Waals surface area contributed by atoms with E-state index in [1.807, 2.05) is 0 Å². The number of piperazine rings is 1. The first-order valence-electron chi connectivity index (χ1n) is 6.25. The summed E-state index contributed by atoms with van der Waals surface area (Å²) >= 11 is 0. The average Bonchev–Trinajstić information content (AvgIpc) is 2.82. The Balaban J connectivity index is 1.87. The fourth-order valence-corrected chi connectivity index (χ4v) is 2.60. The highest BCUT2D eigenvalue weighted by Crippen LogP contribution is 2.21. The van der Waals surface area contributed by atoms with E-state index < -0.39 is 24.6 Å². The number of urea groups is 1. The van der Waals surface area contributed by atoms with Gasteiger partial charge in [0, 0.05) is 25.7 Å². The highest BCUT2D eigenvalue weighted by Gasteiger charge is 2.33. The molecular formula is C11H19N3O4. The molecule has 2 fully saturated rings. The minimum absolute atomic E-state index is 0.400. The number of hydrogen-bond donors (Lipinski definition) is 3. The summed E-state index contributed by atoms with van der Waals surface area (Å²) in [4.78, 5) is 26.6. The maximum atomic E-state index is 11.9. The Bertz CT molecular complexity index is 336. The Morgan fingerprint density at radius 3 is 2.78 bits per heavy atom. The van der Waals surface area contributed by atoms with E-state index in [1.165, 1.54) is 0 Å². The second kappa shape index (κ2) is 5.53. The molecule has 102 valence electrons. The molecule has 2 aliphatic rings. The lowest BCUT2D eigenvalue weighted by Gasteiger charge is -2.37. The molecule has 7 nitrogen and oxygen atoms in total. The zero-order valence-electron chi connectivity index (χ0n) is 10.2. The largest absolute Gasteiger partial charge is 0.480 e. The van der Waals surface area contributed by atoms with Crippen LogP contribution in [-0.2, 0) is 4.79 Å². The van der Waals surface area contributed by atoms with Crippen LogP contribution in [0.1, 0.15) is 12.8 Å². The first-order valence-corrected chi connectivity index (χ1v) is 6.25. The van der Waals surface area contributed by atoms with Gasteiger partial charge in [-0.15, -0.1) is 0 Å². The van der Waals surface area contributed by atoms with Gasteiger partial charge in [0.2, 0.25) is 0 Å². The molecule has 0 aromatic carbocycles. The zero-order chi connectivity index (χ0) is 13.1. The highest BCUT2D eigenvalue weighted by atomic mass is 16.4. The molecular weight excluding hydrogens is 238 g/mol. The molecule has 0 aliphatic carbocycles. The van der Waals surface area contributed by atoms with Gasteiger partial charge in [-0.25, -0.2) is 9.59 Å². The van der Waals surface area contributed by atoms with E-state index in [0.717, 1.165) is 25.9 Å². The third-order valence-electron chi connectivity index (χ3n) is 3.65. The lowest BCUT2D eigenvalue weighted by atomic mass is 10.1. The molecule has 3 N–H and O–H groups in total. The Morgan fingerprint density at radius 2 is 2.11 bits per heavy atom. The lowest BCUT2D eigenvalue weighted by molar-refractivity contribution is -0.140. The summed E-state index contributed by atoms with van der Waals surface area (Å²) in [5.74, 6) is -1.22. The van der Waals surface area contributed by atoms with Gasteiger partial charge in [-0.05, 0) is 19.4 Å². The van der Waals surface area contributed by atoms with Gasteiger partial charge in [0.15, 0.2) is 6.04 Å². The number of aliphatic hydroxyl groups is 1. The zero-order valence-corrected chi connectivity index (χ0v) is 10.2. The summed E-state index contributed by atoms with van der Waals surface area (Å²) in [6.07, 6.45) is 2.25. The van der Waals surface area contributed by atoms with Crippen molar-refractivity contribution in [3.05, 3.63) is 0 Å². The second-order valence-electron chi connectivity index (χ2n) is 4.80. The van der Waals surface area contributed by atoms with Crippen LogP contribution >= 0.6 is 0 Å². The molecule has 0 radical (unpaired) electrons. The molecule has 2 heterocycles. The standard InChI is InChI=1S/C11H19N3O4/c15-7-9(10(16)17)12-11(18)14-5-4-13-3-1-2-8(13)6-14/h8-9,15H,1-7H2,(H,12,18)(H,16,17)/t8?,9-/m1/s1. The molecule has 2 atom stereocenters. The second-order valence-corrected chi connectivity index (χ2v) is 4.80. The van der Waals surface area contributed by atoms with Gasteiger partial charge >= 0.3 is 12.0 Å². The number of amides is 2. The molecule has 0 aromatic heterocycles. The fourth-order valence-electron chi connectivity index (χ4n) is 2.60. The molecule has 18 heavy (non-hydrogen) atoms. The van der Waals surface area contributed by atoms with Crippen LogP contribution in [0.4, 0.5) is 4.79 Å². The number of carbonyl (C=O) groups is 2. The summed E-state index contributed by atoms with van der Waals surface area (Å²) in [5.41, 5.74) is 0. The van der Waals surface area contributed by atoms with Crippen LogP contribution in [0, 0.1) is 0 Å². The van der Waals surface area contributed by atoms with E-state index in [4.69, 9.17) is 10.2 Å². The van der Waals surface area contributed by atoms with Crippen molar-refractivity contribution >= 4 is 12.0 Å². The predicted molar refractivity (Wildman–Crippen MR) is 63.2 cm³/mol. The van der Waals surface area contributed by atoms with Crippen LogP contribution in [0.5, 0.6) is 0 Å². The Morgan fingerprint density at radius 1 is 1.33 bits per heavy atom. The summed E-state index contributed by atoms with van der Waals surface area (Å²) in [6, 6.07) is -1.22. The van der Waals surface area contributed by atoms with E-state index in [1.54, 1.807) is 4.90 Å². The quantitative estimate of drug-likeness (QED) is 0.598. The topological polar surface area (TPSA) is 93.1 Å². The van der Waals surface area contributed by atoms with Crippen molar-refractivity contribution in [3.8, 4) is 0 Å². The molecule has 0 spiro atoms. The molecule has 0 bridgehead atoms. The Hall–Kier alpha value is -1.34. The number of aliphatic hydroxyl groups excluding tert-OH is 1. The van der Waals surface area contributed by atoms with Crippen molar-refractivity contribution in [2.75, 3.05) is 32.8 Å². The molecule has 1 unspecified atom stereocenters. The van der Waals surface area contributed by atoms with Crippen LogP contribution in [0.2, 0.25) is 0 Å². The van der Waals surface area contributed by atoms with Crippen LogP contribution in [0.3, 0.4) is 0 Å². The maximum absolute atomic E-state index is 11.9. The van der Waals surface area contributed by atoms with Crippen molar-refractivity contribution in [2.45, 2.75) is 24.9 Å². The molecule has 2 amide bonds. The van der Waals surface area contributed by atoms with Gasteiger partial charge in [0.1, 0.15) is 0 Å². The van der Waals surface area contributed by atoms with Gasteiger partial charge in [-0.2, -0.15) is 0 Å². The van der Waals surface area contributed by atoms with E-state index in [0.29, 0.717) is 19.1 Å². The van der Waals surface area contributed by atoms with Gasteiger partial charge in [0.05, 0.1) is 6.61 Å². The van der Waals surface area contributed by atoms with Crippen LogP contribution in [-0.4, -0.2) is 76.9 Å². The Labute approximate surface area is 105 Å². The highest BCUT2D eigenvalue weighted by molar-refractivity contribution is 5.82. The molecule has 2 saturated heterocycles. The number of carboxylic acid groups (broad SMARTS) is 1. The first kappa shape index (κ1) is 13.1. The number of nitrogens with zero attached hydrogens (tertiary/aromatic N) is 2. The van der Waals surface area contributed by atoms with E-state index in [2.05, 4.69) is 10.2 Å². The smallest absolute Gasteiger partial charge is 0.328 e. The molecule has 7 heteroatoms. The summed E-state index contributed by atoms with van der Waals surface area (Å²) < 4.78 is 0. The summed E-state index contributed by atoms with van der Waals surface area (Å²) in [5, 5.41) is 20.0. The van der Waals surface area contributed by atoms with E-state index in [9.17, 15) is 9.59 Å².